The van der Waals surface area contributed by atoms with Crippen LogP contribution in [0, 0.1) is 12.3 Å². The number of nitrogens with zero attached hydrogens (tertiary/aromatic N) is 2. The van der Waals surface area contributed by atoms with Crippen molar-refractivity contribution < 1.29 is 13.2 Å². The van der Waals surface area contributed by atoms with E-state index in [9.17, 15) is 13.2 Å². The first-order valence-corrected chi connectivity index (χ1v) is 10.2. The number of carbonyl (C=O) groups excluding carboxylic acids is 1. The molecule has 0 bridgehead atoms. The maximum Gasteiger partial charge on any atom is 0.254 e. The van der Waals surface area contributed by atoms with Crippen molar-refractivity contribution in [2.24, 2.45) is 0 Å². The summed E-state index contributed by atoms with van der Waals surface area (Å²) in [5, 5.41) is 0. The molecule has 3 rings (SSSR count). The highest BCUT2D eigenvalue weighted by molar-refractivity contribution is 7.89. The molecule has 1 aliphatic rings. The molecule has 0 saturated heterocycles. The predicted octanol–water partition coefficient (Wildman–Crippen LogP) is 2.36. The van der Waals surface area contributed by atoms with Crippen LogP contribution >= 0.6 is 0 Å². The minimum atomic E-state index is -3.68. The fourth-order valence-corrected chi connectivity index (χ4v) is 3.86. The van der Waals surface area contributed by atoms with Crippen molar-refractivity contribution in [2.75, 3.05) is 6.54 Å². The number of pyridine rings is 1. The highest BCUT2D eigenvalue weighted by Gasteiger charge is 2.37. The van der Waals surface area contributed by atoms with Gasteiger partial charge in [0, 0.05) is 17.8 Å². The van der Waals surface area contributed by atoms with Crippen molar-refractivity contribution in [3.8, 4) is 12.3 Å². The average Bonchev–Trinajstić information content (AvgIpc) is 3.52. The lowest BCUT2D eigenvalue weighted by molar-refractivity contribution is 0.0670. The predicted molar refractivity (Wildman–Crippen MR) is 102 cm³/mol. The van der Waals surface area contributed by atoms with Crippen molar-refractivity contribution in [3.05, 3.63) is 59.9 Å². The Bertz CT molecular complexity index is 946. The third-order valence-electron chi connectivity index (χ3n) is 4.48. The molecule has 1 amide bonds. The lowest BCUT2D eigenvalue weighted by Crippen LogP contribution is -2.36. The summed E-state index contributed by atoms with van der Waals surface area (Å²) in [6.07, 6.45) is 8.73. The van der Waals surface area contributed by atoms with E-state index in [0.29, 0.717) is 5.56 Å². The van der Waals surface area contributed by atoms with Crippen LogP contribution in [-0.2, 0) is 10.0 Å². The minimum Gasteiger partial charge on any atom is -0.327 e. The molecule has 1 N–H and O–H groups in total. The standard InChI is InChI=1S/C20H21N3O3S/c1-3-13-22-27(25,26)18-11-7-16(8-12-18)20(24)23(17-9-10-17)15(2)19-6-4-5-14-21-19/h1,4-8,11-12,14-15,17,22H,9-10,13H2,2H3. The second kappa shape index (κ2) is 7.91. The number of benzene rings is 1. The zero-order valence-corrected chi connectivity index (χ0v) is 15.8. The third kappa shape index (κ3) is 4.35. The summed E-state index contributed by atoms with van der Waals surface area (Å²) in [4.78, 5) is 19.4. The molecule has 2 aromatic rings. The van der Waals surface area contributed by atoms with Crippen LogP contribution in [0.1, 0.15) is 41.9 Å². The van der Waals surface area contributed by atoms with Crippen molar-refractivity contribution in [3.63, 3.8) is 0 Å². The molecule has 27 heavy (non-hydrogen) atoms. The van der Waals surface area contributed by atoms with E-state index < -0.39 is 10.0 Å². The summed E-state index contributed by atoms with van der Waals surface area (Å²) >= 11 is 0. The number of terminal acetylenes is 1. The van der Waals surface area contributed by atoms with Crippen LogP contribution in [0.4, 0.5) is 0 Å². The summed E-state index contributed by atoms with van der Waals surface area (Å²) in [5.74, 6) is 2.10. The molecule has 140 valence electrons. The lowest BCUT2D eigenvalue weighted by Gasteiger charge is -2.29. The van der Waals surface area contributed by atoms with Gasteiger partial charge in [0.25, 0.3) is 5.91 Å². The number of sulfonamides is 1. The number of hydrogen-bond acceptors (Lipinski definition) is 4. The average molecular weight is 383 g/mol. The van der Waals surface area contributed by atoms with Gasteiger partial charge in [0.2, 0.25) is 10.0 Å². The second-order valence-electron chi connectivity index (χ2n) is 6.43. The van der Waals surface area contributed by atoms with Crippen LogP contribution in [0.25, 0.3) is 0 Å². The fourth-order valence-electron chi connectivity index (χ4n) is 2.92. The van der Waals surface area contributed by atoms with Gasteiger partial charge in [-0.3, -0.25) is 9.78 Å². The van der Waals surface area contributed by atoms with E-state index in [0.717, 1.165) is 18.5 Å². The van der Waals surface area contributed by atoms with Crippen molar-refractivity contribution in [1.82, 2.24) is 14.6 Å². The zero-order chi connectivity index (χ0) is 19.4. The Kier molecular flexibility index (Phi) is 5.59. The first kappa shape index (κ1) is 19.1. The Balaban J connectivity index is 1.82. The Morgan fingerprint density at radius 2 is 2.00 bits per heavy atom. The SMILES string of the molecule is C#CCNS(=O)(=O)c1ccc(C(=O)N(C2CC2)C(C)c2ccccn2)cc1. The Labute approximate surface area is 159 Å². The maximum atomic E-state index is 13.1. The first-order chi connectivity index (χ1) is 12.9. The second-order valence-corrected chi connectivity index (χ2v) is 8.19. The van der Waals surface area contributed by atoms with Gasteiger partial charge in [-0.1, -0.05) is 12.0 Å². The molecule has 0 spiro atoms. The highest BCUT2D eigenvalue weighted by atomic mass is 32.2. The van der Waals surface area contributed by atoms with Crippen molar-refractivity contribution in [1.29, 1.82) is 0 Å². The van der Waals surface area contributed by atoms with E-state index in [-0.39, 0.29) is 29.4 Å². The smallest absolute Gasteiger partial charge is 0.254 e. The number of nitrogens with one attached hydrogen (secondary N) is 1. The van der Waals surface area contributed by atoms with Gasteiger partial charge in [0.1, 0.15) is 0 Å². The number of aromatic nitrogens is 1. The van der Waals surface area contributed by atoms with E-state index in [2.05, 4.69) is 15.6 Å². The van der Waals surface area contributed by atoms with Crippen LogP contribution in [0.2, 0.25) is 0 Å². The molecule has 1 saturated carbocycles. The summed E-state index contributed by atoms with van der Waals surface area (Å²) in [6.45, 7) is 1.88. The zero-order valence-electron chi connectivity index (χ0n) is 15.0. The number of hydrogen-bond donors (Lipinski definition) is 1. The summed E-state index contributed by atoms with van der Waals surface area (Å²) in [6, 6.07) is 11.6. The molecule has 1 aromatic carbocycles. The van der Waals surface area contributed by atoms with Gasteiger partial charge < -0.3 is 4.90 Å². The first-order valence-electron chi connectivity index (χ1n) is 8.71. The molecular weight excluding hydrogens is 362 g/mol. The summed E-state index contributed by atoms with van der Waals surface area (Å²) in [5.41, 5.74) is 1.27. The topological polar surface area (TPSA) is 79.4 Å². The van der Waals surface area contributed by atoms with Crippen molar-refractivity contribution in [2.45, 2.75) is 36.7 Å². The van der Waals surface area contributed by atoms with Gasteiger partial charge in [-0.25, -0.2) is 8.42 Å². The van der Waals surface area contributed by atoms with Gasteiger partial charge in [-0.2, -0.15) is 4.72 Å². The lowest BCUT2D eigenvalue weighted by atomic mass is 10.1. The molecule has 0 radical (unpaired) electrons. The monoisotopic (exact) mass is 383 g/mol. The largest absolute Gasteiger partial charge is 0.327 e. The molecule has 1 fully saturated rings. The van der Waals surface area contributed by atoms with E-state index in [1.807, 2.05) is 30.0 Å². The minimum absolute atomic E-state index is 0.0741. The molecule has 1 aliphatic carbocycles. The molecule has 1 aromatic heterocycles. The molecule has 1 heterocycles. The van der Waals surface area contributed by atoms with Crippen LogP contribution in [-0.4, -0.2) is 36.8 Å². The molecule has 6 nitrogen and oxygen atoms in total. The number of carbonyl (C=O) groups is 1. The fraction of sp³-hybridized carbons (Fsp3) is 0.300. The Morgan fingerprint density at radius 1 is 1.30 bits per heavy atom. The Hall–Kier alpha value is -2.69. The van der Waals surface area contributed by atoms with Crippen molar-refractivity contribution >= 4 is 15.9 Å². The molecule has 0 aliphatic heterocycles. The molecular formula is C20H21N3O3S. The van der Waals surface area contributed by atoms with Gasteiger partial charge in [-0.15, -0.1) is 6.42 Å². The van der Waals surface area contributed by atoms with Crippen LogP contribution in [0.5, 0.6) is 0 Å². The van der Waals surface area contributed by atoms with E-state index in [4.69, 9.17) is 6.42 Å². The third-order valence-corrected chi connectivity index (χ3v) is 5.90. The quantitative estimate of drug-likeness (QED) is 0.745. The normalized spacial score (nSPS) is 15.0. The van der Waals surface area contributed by atoms with Crippen LogP contribution < -0.4 is 4.72 Å². The molecule has 1 atom stereocenters. The maximum absolute atomic E-state index is 13.1. The van der Waals surface area contributed by atoms with Gasteiger partial charge in [0.15, 0.2) is 0 Å². The molecule has 7 heteroatoms. The van der Waals surface area contributed by atoms with Gasteiger partial charge in [-0.05, 0) is 56.2 Å². The van der Waals surface area contributed by atoms with Gasteiger partial charge in [0.05, 0.1) is 23.2 Å². The number of rotatable bonds is 7. The molecule has 1 unspecified atom stereocenters. The number of amides is 1. The highest BCUT2D eigenvalue weighted by Crippen LogP contribution is 2.35. The van der Waals surface area contributed by atoms with E-state index in [1.54, 1.807) is 6.20 Å². The Morgan fingerprint density at radius 3 is 2.56 bits per heavy atom. The van der Waals surface area contributed by atoms with Crippen LogP contribution in [0.15, 0.2) is 53.6 Å². The van der Waals surface area contributed by atoms with Gasteiger partial charge >= 0.3 is 0 Å². The van der Waals surface area contributed by atoms with Crippen LogP contribution in [0.3, 0.4) is 0 Å². The summed E-state index contributed by atoms with van der Waals surface area (Å²) in [7, 11) is -3.68. The van der Waals surface area contributed by atoms with E-state index in [1.165, 1.54) is 24.3 Å². The summed E-state index contributed by atoms with van der Waals surface area (Å²) < 4.78 is 26.5. The van der Waals surface area contributed by atoms with E-state index >= 15 is 0 Å².